The fraction of sp³-hybridized carbons (Fsp3) is 0.412. The van der Waals surface area contributed by atoms with Gasteiger partial charge in [0.2, 0.25) is 5.91 Å². The lowest BCUT2D eigenvalue weighted by Gasteiger charge is -2.16. The van der Waals surface area contributed by atoms with Crippen molar-refractivity contribution in [3.8, 4) is 5.75 Å². The summed E-state index contributed by atoms with van der Waals surface area (Å²) in [6.07, 6.45) is 2.17. The van der Waals surface area contributed by atoms with E-state index in [9.17, 15) is 4.79 Å². The van der Waals surface area contributed by atoms with E-state index in [1.807, 2.05) is 0 Å². The molecule has 0 bridgehead atoms. The minimum atomic E-state index is -0.252. The normalized spacial score (nSPS) is 16.6. The second kappa shape index (κ2) is 8.22. The molecule has 1 fully saturated rings. The van der Waals surface area contributed by atoms with Gasteiger partial charge in [0.05, 0.1) is 18.3 Å². The Morgan fingerprint density at radius 3 is 3.04 bits per heavy atom. The van der Waals surface area contributed by atoms with Crippen molar-refractivity contribution in [1.29, 1.82) is 0 Å². The van der Waals surface area contributed by atoms with Crippen molar-refractivity contribution in [3.05, 3.63) is 35.0 Å². The summed E-state index contributed by atoms with van der Waals surface area (Å²) in [5.74, 6) is 1.39. The molecule has 25 heavy (non-hydrogen) atoms. The van der Waals surface area contributed by atoms with E-state index in [4.69, 9.17) is 25.6 Å². The van der Waals surface area contributed by atoms with Crippen molar-refractivity contribution in [1.82, 2.24) is 5.16 Å². The first-order chi connectivity index (χ1) is 12.1. The van der Waals surface area contributed by atoms with Crippen LogP contribution in [-0.4, -0.2) is 36.9 Å². The van der Waals surface area contributed by atoms with E-state index in [1.54, 1.807) is 31.2 Å². The molecule has 1 aromatic carbocycles. The van der Waals surface area contributed by atoms with Gasteiger partial charge < -0.3 is 24.6 Å². The molecule has 1 aliphatic rings. The van der Waals surface area contributed by atoms with Crippen LogP contribution in [0.2, 0.25) is 5.02 Å². The van der Waals surface area contributed by atoms with Gasteiger partial charge in [-0.3, -0.25) is 4.79 Å². The third-order valence-corrected chi connectivity index (χ3v) is 3.96. The average Bonchev–Trinajstić information content (AvgIpc) is 3.24. The Labute approximate surface area is 150 Å². The molecule has 1 saturated heterocycles. The highest BCUT2D eigenvalue weighted by molar-refractivity contribution is 6.30. The fourth-order valence-electron chi connectivity index (χ4n) is 2.51. The number of amides is 1. The maximum atomic E-state index is 12.0. The number of carbonyl (C=O) groups excluding carboxylic acids is 1. The summed E-state index contributed by atoms with van der Waals surface area (Å²) >= 11 is 6.05. The molecule has 134 valence electrons. The first-order valence-corrected chi connectivity index (χ1v) is 8.49. The quantitative estimate of drug-likeness (QED) is 0.783. The van der Waals surface area contributed by atoms with E-state index in [2.05, 4.69) is 15.8 Å². The standard InChI is InChI=1S/C17H20ClN3O4/c1-11-7-16(21-25-11)20-17(22)9-19-14-8-12(18)4-5-15(14)24-10-13-3-2-6-23-13/h4-5,7-8,13,19H,2-3,6,9-10H2,1H3,(H,20,21,22)/t13-/m0/s1. The van der Waals surface area contributed by atoms with Crippen molar-refractivity contribution in [3.63, 3.8) is 0 Å². The van der Waals surface area contributed by atoms with Crippen molar-refractivity contribution in [2.75, 3.05) is 30.4 Å². The smallest absolute Gasteiger partial charge is 0.244 e. The van der Waals surface area contributed by atoms with Crippen LogP contribution in [0.1, 0.15) is 18.6 Å². The minimum absolute atomic E-state index is 0.0442. The highest BCUT2D eigenvalue weighted by Crippen LogP contribution is 2.28. The van der Waals surface area contributed by atoms with E-state index in [1.165, 1.54) is 0 Å². The van der Waals surface area contributed by atoms with Gasteiger partial charge in [0.25, 0.3) is 0 Å². The largest absolute Gasteiger partial charge is 0.489 e. The molecule has 0 saturated carbocycles. The zero-order valence-electron chi connectivity index (χ0n) is 13.9. The lowest BCUT2D eigenvalue weighted by Crippen LogP contribution is -2.22. The van der Waals surface area contributed by atoms with Crippen LogP contribution in [0.4, 0.5) is 11.5 Å². The molecule has 1 atom stereocenters. The van der Waals surface area contributed by atoms with Gasteiger partial charge in [-0.05, 0) is 38.0 Å². The summed E-state index contributed by atoms with van der Waals surface area (Å²) < 4.78 is 16.3. The number of aromatic nitrogens is 1. The van der Waals surface area contributed by atoms with Crippen LogP contribution < -0.4 is 15.4 Å². The number of nitrogens with zero attached hydrogens (tertiary/aromatic N) is 1. The zero-order chi connectivity index (χ0) is 17.6. The lowest BCUT2D eigenvalue weighted by molar-refractivity contribution is -0.114. The van der Waals surface area contributed by atoms with Gasteiger partial charge in [-0.1, -0.05) is 16.8 Å². The van der Waals surface area contributed by atoms with Crippen LogP contribution in [0.15, 0.2) is 28.8 Å². The number of ether oxygens (including phenoxy) is 2. The van der Waals surface area contributed by atoms with E-state index in [-0.39, 0.29) is 18.6 Å². The highest BCUT2D eigenvalue weighted by Gasteiger charge is 2.17. The Hall–Kier alpha value is -2.25. The molecular formula is C17H20ClN3O4. The molecule has 0 unspecified atom stereocenters. The molecule has 7 nitrogen and oxygen atoms in total. The zero-order valence-corrected chi connectivity index (χ0v) is 14.6. The first kappa shape index (κ1) is 17.6. The summed E-state index contributed by atoms with van der Waals surface area (Å²) in [4.78, 5) is 12.0. The lowest BCUT2D eigenvalue weighted by atomic mass is 10.2. The van der Waals surface area contributed by atoms with Gasteiger partial charge in [-0.25, -0.2) is 0 Å². The molecule has 2 N–H and O–H groups in total. The number of aryl methyl sites for hydroxylation is 1. The number of anilines is 2. The Morgan fingerprint density at radius 2 is 2.32 bits per heavy atom. The number of halogens is 1. The number of carbonyl (C=O) groups is 1. The Morgan fingerprint density at radius 1 is 1.44 bits per heavy atom. The van der Waals surface area contributed by atoms with Gasteiger partial charge in [0.15, 0.2) is 5.82 Å². The molecule has 1 aromatic heterocycles. The van der Waals surface area contributed by atoms with Gasteiger partial charge in [0.1, 0.15) is 18.1 Å². The molecule has 1 aliphatic heterocycles. The monoisotopic (exact) mass is 365 g/mol. The third-order valence-electron chi connectivity index (χ3n) is 3.73. The van der Waals surface area contributed by atoms with Gasteiger partial charge in [-0.15, -0.1) is 0 Å². The molecular weight excluding hydrogens is 346 g/mol. The summed E-state index contributed by atoms with van der Waals surface area (Å²) in [6.45, 7) is 3.05. The third kappa shape index (κ3) is 5.11. The SMILES string of the molecule is Cc1cc(NC(=O)CNc2cc(Cl)ccc2OC[C@@H]2CCCO2)no1. The van der Waals surface area contributed by atoms with Crippen LogP contribution in [0.3, 0.4) is 0 Å². The molecule has 0 aliphatic carbocycles. The van der Waals surface area contributed by atoms with Crippen molar-refractivity contribution in [2.45, 2.75) is 25.9 Å². The predicted octanol–water partition coefficient (Wildman–Crippen LogP) is 3.24. The number of nitrogens with one attached hydrogen (secondary N) is 2. The maximum Gasteiger partial charge on any atom is 0.244 e. The van der Waals surface area contributed by atoms with Crippen LogP contribution in [0.5, 0.6) is 5.75 Å². The van der Waals surface area contributed by atoms with Crippen LogP contribution >= 0.6 is 11.6 Å². The van der Waals surface area contributed by atoms with Crippen LogP contribution in [0.25, 0.3) is 0 Å². The van der Waals surface area contributed by atoms with Gasteiger partial charge >= 0.3 is 0 Å². The van der Waals surface area contributed by atoms with Gasteiger partial charge in [-0.2, -0.15) is 0 Å². The highest BCUT2D eigenvalue weighted by atomic mass is 35.5. The van der Waals surface area contributed by atoms with E-state index in [0.29, 0.717) is 34.6 Å². The molecule has 2 heterocycles. The van der Waals surface area contributed by atoms with Gasteiger partial charge in [0, 0.05) is 17.7 Å². The van der Waals surface area contributed by atoms with Crippen molar-refractivity contribution >= 4 is 29.0 Å². The minimum Gasteiger partial charge on any atom is -0.489 e. The van der Waals surface area contributed by atoms with E-state index < -0.39 is 0 Å². The molecule has 8 heteroatoms. The second-order valence-electron chi connectivity index (χ2n) is 5.81. The first-order valence-electron chi connectivity index (χ1n) is 8.11. The number of hydrogen-bond donors (Lipinski definition) is 2. The van der Waals surface area contributed by atoms with Crippen molar-refractivity contribution < 1.29 is 18.8 Å². The topological polar surface area (TPSA) is 85.6 Å². The van der Waals surface area contributed by atoms with Crippen molar-refractivity contribution in [2.24, 2.45) is 0 Å². The summed E-state index contributed by atoms with van der Waals surface area (Å²) in [5.41, 5.74) is 0.650. The Kier molecular flexibility index (Phi) is 5.78. The van der Waals surface area contributed by atoms with Crippen LogP contribution in [-0.2, 0) is 9.53 Å². The molecule has 0 radical (unpaired) electrons. The molecule has 1 amide bonds. The summed E-state index contributed by atoms with van der Waals surface area (Å²) in [5, 5.41) is 9.96. The molecule has 3 rings (SSSR count). The maximum absolute atomic E-state index is 12.0. The number of rotatable bonds is 7. The van der Waals surface area contributed by atoms with E-state index >= 15 is 0 Å². The Bertz CT molecular complexity index is 728. The summed E-state index contributed by atoms with van der Waals surface area (Å²) in [6, 6.07) is 6.89. The Balaban J connectivity index is 1.56. The van der Waals surface area contributed by atoms with Crippen LogP contribution in [0, 0.1) is 6.92 Å². The molecule has 2 aromatic rings. The average molecular weight is 366 g/mol. The fourth-order valence-corrected chi connectivity index (χ4v) is 2.68. The summed E-state index contributed by atoms with van der Waals surface area (Å²) in [7, 11) is 0. The predicted molar refractivity (Wildman–Crippen MR) is 94.3 cm³/mol. The molecule has 0 spiro atoms. The number of hydrogen-bond acceptors (Lipinski definition) is 6. The number of benzene rings is 1. The second-order valence-corrected chi connectivity index (χ2v) is 6.25. The van der Waals surface area contributed by atoms with E-state index in [0.717, 1.165) is 19.4 Å².